The summed E-state index contributed by atoms with van der Waals surface area (Å²) >= 11 is 0. The molecular formula is C15H15FN6O3. The van der Waals surface area contributed by atoms with Crippen LogP contribution in [0.5, 0.6) is 0 Å². The van der Waals surface area contributed by atoms with Gasteiger partial charge in [0.2, 0.25) is 5.95 Å². The monoisotopic (exact) mass is 346 g/mol. The first kappa shape index (κ1) is 15.5. The van der Waals surface area contributed by atoms with Crippen LogP contribution >= 0.6 is 0 Å². The Morgan fingerprint density at radius 3 is 2.76 bits per heavy atom. The number of halogens is 1. The molecule has 0 aromatic carbocycles. The lowest BCUT2D eigenvalue weighted by molar-refractivity contribution is 0.0697. The summed E-state index contributed by atoms with van der Waals surface area (Å²) in [4.78, 5) is 30.1. The first-order valence-corrected chi connectivity index (χ1v) is 8.01. The van der Waals surface area contributed by atoms with Crippen LogP contribution in [0.15, 0.2) is 17.2 Å². The Morgan fingerprint density at radius 2 is 2.08 bits per heavy atom. The molecule has 2 N–H and O–H groups in total. The van der Waals surface area contributed by atoms with Crippen LogP contribution in [0.25, 0.3) is 17.0 Å². The number of hydrogen-bond acceptors (Lipinski definition) is 5. The molecule has 1 aliphatic rings. The van der Waals surface area contributed by atoms with Gasteiger partial charge in [0.15, 0.2) is 11.0 Å². The summed E-state index contributed by atoms with van der Waals surface area (Å²) in [5.41, 5.74) is -0.647. The van der Waals surface area contributed by atoms with Crippen molar-refractivity contribution in [1.82, 2.24) is 29.5 Å². The maximum atomic E-state index is 14.3. The maximum absolute atomic E-state index is 14.3. The number of nitrogens with one attached hydrogen (secondary N) is 1. The van der Waals surface area contributed by atoms with Crippen molar-refractivity contribution in [1.29, 1.82) is 0 Å². The minimum Gasteiger partial charge on any atom is -0.478 e. The van der Waals surface area contributed by atoms with E-state index < -0.39 is 17.5 Å². The summed E-state index contributed by atoms with van der Waals surface area (Å²) in [6.07, 6.45) is 7.16. The molecule has 0 saturated heterocycles. The molecular weight excluding hydrogens is 331 g/mol. The van der Waals surface area contributed by atoms with Crippen LogP contribution in [0.1, 0.15) is 48.5 Å². The van der Waals surface area contributed by atoms with Gasteiger partial charge in [-0.05, 0) is 12.8 Å². The number of carbonyl (C=O) groups is 1. The van der Waals surface area contributed by atoms with Crippen LogP contribution in [0, 0.1) is 5.95 Å². The van der Waals surface area contributed by atoms with Gasteiger partial charge in [-0.15, -0.1) is 5.10 Å². The van der Waals surface area contributed by atoms with Gasteiger partial charge in [0.25, 0.3) is 11.5 Å². The normalized spacial score (nSPS) is 15.7. The lowest BCUT2D eigenvalue weighted by Crippen LogP contribution is -2.20. The second-order valence-electron chi connectivity index (χ2n) is 6.09. The van der Waals surface area contributed by atoms with Gasteiger partial charge in [-0.25, -0.2) is 14.5 Å². The predicted molar refractivity (Wildman–Crippen MR) is 84.3 cm³/mol. The summed E-state index contributed by atoms with van der Waals surface area (Å²) in [5, 5.41) is 16.7. The number of hydrogen-bond donors (Lipinski definition) is 2. The Hall–Kier alpha value is -3.04. The van der Waals surface area contributed by atoms with Crippen molar-refractivity contribution >= 4 is 17.0 Å². The van der Waals surface area contributed by atoms with Gasteiger partial charge < -0.3 is 5.11 Å². The van der Waals surface area contributed by atoms with Crippen molar-refractivity contribution in [2.75, 3.05) is 0 Å². The van der Waals surface area contributed by atoms with Gasteiger partial charge in [0.05, 0.1) is 17.8 Å². The van der Waals surface area contributed by atoms with E-state index in [9.17, 15) is 14.0 Å². The standard InChI is InChI=1S/C15H15FN6O3/c16-12-10-11(22(20-12)9-4-2-1-3-5-9)13(23)19-15(18-10)21-7-8(6-17-21)14(24)25/h6-7,9H,1-5H2,(H,24,25)(H,18,19,23). The van der Waals surface area contributed by atoms with E-state index in [1.54, 1.807) is 0 Å². The Balaban J connectivity index is 1.83. The molecule has 25 heavy (non-hydrogen) atoms. The van der Waals surface area contributed by atoms with Crippen LogP contribution < -0.4 is 5.56 Å². The zero-order valence-electron chi connectivity index (χ0n) is 13.1. The Bertz CT molecular complexity index is 1010. The molecule has 3 aromatic rings. The number of aromatic carboxylic acids is 1. The van der Waals surface area contributed by atoms with Crippen LogP contribution in [-0.4, -0.2) is 40.6 Å². The predicted octanol–water partition coefficient (Wildman–Crippen LogP) is 1.65. The first-order chi connectivity index (χ1) is 12.0. The Kier molecular flexibility index (Phi) is 3.59. The molecule has 0 aliphatic heterocycles. The highest BCUT2D eigenvalue weighted by Crippen LogP contribution is 2.29. The average Bonchev–Trinajstić information content (AvgIpc) is 3.22. The molecule has 3 aromatic heterocycles. The van der Waals surface area contributed by atoms with Crippen LogP contribution in [-0.2, 0) is 0 Å². The highest BCUT2D eigenvalue weighted by Gasteiger charge is 2.24. The molecule has 1 saturated carbocycles. The molecule has 10 heteroatoms. The SMILES string of the molecule is O=C(O)c1cnn(-c2nc3c(F)nn(C4CCCCC4)c3c(=O)[nH]2)c1. The summed E-state index contributed by atoms with van der Waals surface area (Å²) in [6.45, 7) is 0. The minimum atomic E-state index is -1.16. The highest BCUT2D eigenvalue weighted by atomic mass is 19.1. The van der Waals surface area contributed by atoms with E-state index in [0.717, 1.165) is 43.0 Å². The largest absolute Gasteiger partial charge is 0.478 e. The highest BCUT2D eigenvalue weighted by molar-refractivity contribution is 5.87. The van der Waals surface area contributed by atoms with E-state index in [1.807, 2.05) is 0 Å². The average molecular weight is 346 g/mol. The number of H-pyrrole nitrogens is 1. The van der Waals surface area contributed by atoms with Gasteiger partial charge >= 0.3 is 5.97 Å². The van der Waals surface area contributed by atoms with Gasteiger partial charge in [0, 0.05) is 6.20 Å². The fraction of sp³-hybridized carbons (Fsp3) is 0.400. The lowest BCUT2D eigenvalue weighted by Gasteiger charge is -2.22. The molecule has 0 unspecified atom stereocenters. The van der Waals surface area contributed by atoms with Gasteiger partial charge in [-0.3, -0.25) is 14.5 Å². The maximum Gasteiger partial charge on any atom is 0.338 e. The number of aromatic nitrogens is 6. The van der Waals surface area contributed by atoms with Crippen molar-refractivity contribution in [3.8, 4) is 5.95 Å². The van der Waals surface area contributed by atoms with Crippen molar-refractivity contribution < 1.29 is 14.3 Å². The summed E-state index contributed by atoms with van der Waals surface area (Å²) < 4.78 is 16.8. The number of rotatable bonds is 3. The van der Waals surface area contributed by atoms with E-state index in [4.69, 9.17) is 5.11 Å². The third-order valence-corrected chi connectivity index (χ3v) is 4.47. The molecule has 9 nitrogen and oxygen atoms in total. The van der Waals surface area contributed by atoms with Gasteiger partial charge in [0.1, 0.15) is 0 Å². The molecule has 1 fully saturated rings. The molecule has 0 radical (unpaired) electrons. The Morgan fingerprint density at radius 1 is 1.32 bits per heavy atom. The zero-order valence-corrected chi connectivity index (χ0v) is 13.1. The van der Waals surface area contributed by atoms with E-state index in [0.29, 0.717) is 0 Å². The fourth-order valence-corrected chi connectivity index (χ4v) is 3.25. The quantitative estimate of drug-likeness (QED) is 0.744. The van der Waals surface area contributed by atoms with Crippen LogP contribution in [0.2, 0.25) is 0 Å². The van der Waals surface area contributed by atoms with E-state index in [2.05, 4.69) is 20.2 Å². The number of aromatic amines is 1. The summed E-state index contributed by atoms with van der Waals surface area (Å²) in [6, 6.07) is -0.0159. The van der Waals surface area contributed by atoms with E-state index in [-0.39, 0.29) is 28.6 Å². The molecule has 0 amide bonds. The topological polar surface area (TPSA) is 119 Å². The van der Waals surface area contributed by atoms with Crippen LogP contribution in [0.3, 0.4) is 0 Å². The van der Waals surface area contributed by atoms with Crippen LogP contribution in [0.4, 0.5) is 4.39 Å². The first-order valence-electron chi connectivity index (χ1n) is 8.01. The van der Waals surface area contributed by atoms with Gasteiger partial charge in [-0.1, -0.05) is 19.3 Å². The van der Waals surface area contributed by atoms with E-state index in [1.165, 1.54) is 10.9 Å². The minimum absolute atomic E-state index is 0.0159. The van der Waals surface area contributed by atoms with Crippen molar-refractivity contribution in [2.24, 2.45) is 0 Å². The number of fused-ring (bicyclic) bond motifs is 1. The second kappa shape index (κ2) is 5.80. The third-order valence-electron chi connectivity index (χ3n) is 4.47. The molecule has 130 valence electrons. The molecule has 0 atom stereocenters. The zero-order chi connectivity index (χ0) is 17.6. The van der Waals surface area contributed by atoms with Crippen molar-refractivity contribution in [3.05, 3.63) is 34.3 Å². The molecule has 3 heterocycles. The van der Waals surface area contributed by atoms with E-state index >= 15 is 0 Å². The Labute approximate surface area is 140 Å². The van der Waals surface area contributed by atoms with Crippen molar-refractivity contribution in [2.45, 2.75) is 38.1 Å². The number of carboxylic acids is 1. The van der Waals surface area contributed by atoms with Gasteiger partial charge in [-0.2, -0.15) is 9.49 Å². The third kappa shape index (κ3) is 2.59. The molecule has 0 spiro atoms. The molecule has 4 rings (SSSR count). The second-order valence-corrected chi connectivity index (χ2v) is 6.09. The summed E-state index contributed by atoms with van der Waals surface area (Å²) in [7, 11) is 0. The number of nitrogens with zero attached hydrogens (tertiary/aromatic N) is 5. The fourth-order valence-electron chi connectivity index (χ4n) is 3.25. The lowest BCUT2D eigenvalue weighted by atomic mass is 9.95. The molecule has 1 aliphatic carbocycles. The van der Waals surface area contributed by atoms with Crippen molar-refractivity contribution in [3.63, 3.8) is 0 Å². The summed E-state index contributed by atoms with van der Waals surface area (Å²) in [5.74, 6) is -2.04. The number of carboxylic acid groups (broad SMARTS) is 1. The molecule has 0 bridgehead atoms. The smallest absolute Gasteiger partial charge is 0.338 e.